The second-order valence-corrected chi connectivity index (χ2v) is 6.48. The average Bonchev–Trinajstić information content (AvgIpc) is 2.52. The van der Waals surface area contributed by atoms with Crippen molar-refractivity contribution >= 4 is 23.6 Å². The number of halogens is 3. The first-order valence-corrected chi connectivity index (χ1v) is 8.05. The molecule has 1 aromatic rings. The highest BCUT2D eigenvalue weighted by Gasteiger charge is 2.32. The number of nitrogens with one attached hydrogen (secondary N) is 1. The lowest BCUT2D eigenvalue weighted by Crippen LogP contribution is -2.48. The number of ether oxygens (including phenoxy) is 1. The molecule has 2 atom stereocenters. The summed E-state index contributed by atoms with van der Waals surface area (Å²) in [5.74, 6) is -2.14. The molecule has 1 aliphatic heterocycles. The van der Waals surface area contributed by atoms with Gasteiger partial charge in [0.25, 0.3) is 5.91 Å². The maximum Gasteiger partial charge on any atom is 0.446 e. The van der Waals surface area contributed by atoms with Gasteiger partial charge in [0, 0.05) is 23.0 Å². The van der Waals surface area contributed by atoms with Crippen molar-refractivity contribution < 1.29 is 32.6 Å². The van der Waals surface area contributed by atoms with Crippen molar-refractivity contribution in [2.75, 3.05) is 13.2 Å². The molecule has 0 aliphatic carbocycles. The molecule has 2 unspecified atom stereocenters. The minimum atomic E-state index is -4.40. The van der Waals surface area contributed by atoms with Crippen molar-refractivity contribution in [3.8, 4) is 0 Å². The Bertz CT molecular complexity index is 585. The second-order valence-electron chi connectivity index (χ2n) is 5.34. The van der Waals surface area contributed by atoms with Gasteiger partial charge in [0.15, 0.2) is 0 Å². The monoisotopic (exact) mass is 363 g/mol. The van der Waals surface area contributed by atoms with Gasteiger partial charge in [-0.2, -0.15) is 13.2 Å². The maximum atomic E-state index is 12.3. The molecule has 0 spiro atoms. The van der Waals surface area contributed by atoms with Crippen LogP contribution in [0.15, 0.2) is 29.2 Å². The van der Waals surface area contributed by atoms with Crippen LogP contribution in [-0.4, -0.2) is 41.7 Å². The Morgan fingerprint density at radius 3 is 2.46 bits per heavy atom. The van der Waals surface area contributed by atoms with Crippen molar-refractivity contribution in [1.29, 1.82) is 0 Å². The second kappa shape index (κ2) is 7.89. The summed E-state index contributed by atoms with van der Waals surface area (Å²) in [6.07, 6.45) is 1.34. The van der Waals surface area contributed by atoms with Crippen LogP contribution in [0, 0.1) is 5.92 Å². The van der Waals surface area contributed by atoms with Crippen LogP contribution in [0.2, 0.25) is 0 Å². The van der Waals surface area contributed by atoms with Crippen molar-refractivity contribution in [1.82, 2.24) is 5.32 Å². The summed E-state index contributed by atoms with van der Waals surface area (Å²) in [6, 6.07) is 3.72. The molecule has 0 saturated carbocycles. The van der Waals surface area contributed by atoms with Crippen LogP contribution < -0.4 is 5.32 Å². The predicted octanol–water partition coefficient (Wildman–Crippen LogP) is 2.91. The number of carboxylic acid groups (broad SMARTS) is 1. The van der Waals surface area contributed by atoms with Gasteiger partial charge in [-0.25, -0.2) is 4.79 Å². The standard InChI is InChI=1S/C15H16F3NO4S/c16-15(17,18)24-11-5-3-9(4-6-11)13(20)19-12(14(21)22)10-2-1-7-23-8-10/h3-6,10,12H,1-2,7-8H2,(H,19,20)(H,21,22). The molecule has 1 fully saturated rings. The SMILES string of the molecule is O=C(NC(C(=O)O)C1CCCOC1)c1ccc(SC(F)(F)F)cc1. The third kappa shape index (κ3) is 5.41. The lowest BCUT2D eigenvalue weighted by molar-refractivity contribution is -0.142. The number of carbonyl (C=O) groups excluding carboxylic acids is 1. The Hall–Kier alpha value is -1.74. The number of alkyl halides is 3. The van der Waals surface area contributed by atoms with Crippen molar-refractivity contribution in [2.24, 2.45) is 5.92 Å². The number of thioether (sulfide) groups is 1. The number of carbonyl (C=O) groups is 2. The van der Waals surface area contributed by atoms with Crippen LogP contribution in [0.5, 0.6) is 0 Å². The number of hydrogen-bond acceptors (Lipinski definition) is 4. The van der Waals surface area contributed by atoms with Crippen LogP contribution in [0.3, 0.4) is 0 Å². The van der Waals surface area contributed by atoms with E-state index in [2.05, 4.69) is 5.32 Å². The van der Waals surface area contributed by atoms with Gasteiger partial charge in [0.2, 0.25) is 0 Å². The van der Waals surface area contributed by atoms with Gasteiger partial charge in [-0.1, -0.05) is 0 Å². The van der Waals surface area contributed by atoms with Crippen LogP contribution in [0.25, 0.3) is 0 Å². The fourth-order valence-electron chi connectivity index (χ4n) is 2.44. The Labute approximate surface area is 140 Å². The van der Waals surface area contributed by atoms with E-state index in [1.54, 1.807) is 0 Å². The van der Waals surface area contributed by atoms with Gasteiger partial charge in [0.05, 0.1) is 6.61 Å². The summed E-state index contributed by atoms with van der Waals surface area (Å²) < 4.78 is 42.1. The van der Waals surface area contributed by atoms with Crippen LogP contribution in [0.4, 0.5) is 13.2 Å². The number of rotatable bonds is 5. The van der Waals surface area contributed by atoms with Gasteiger partial charge >= 0.3 is 11.5 Å². The Morgan fingerprint density at radius 1 is 1.29 bits per heavy atom. The zero-order chi connectivity index (χ0) is 17.7. The molecule has 2 rings (SSSR count). The van der Waals surface area contributed by atoms with Gasteiger partial charge < -0.3 is 15.2 Å². The molecular weight excluding hydrogens is 347 g/mol. The molecule has 1 heterocycles. The highest BCUT2D eigenvalue weighted by molar-refractivity contribution is 8.00. The quantitative estimate of drug-likeness (QED) is 0.787. The van der Waals surface area contributed by atoms with E-state index in [1.165, 1.54) is 24.3 Å². The molecule has 0 radical (unpaired) electrons. The fourth-order valence-corrected chi connectivity index (χ4v) is 2.98. The molecule has 1 amide bonds. The van der Waals surface area contributed by atoms with Crippen LogP contribution in [-0.2, 0) is 9.53 Å². The molecule has 0 bridgehead atoms. The molecule has 0 aromatic heterocycles. The molecule has 5 nitrogen and oxygen atoms in total. The van der Waals surface area contributed by atoms with E-state index in [0.717, 1.165) is 0 Å². The van der Waals surface area contributed by atoms with E-state index >= 15 is 0 Å². The van der Waals surface area contributed by atoms with Gasteiger partial charge in [-0.3, -0.25) is 4.79 Å². The number of benzene rings is 1. The lowest BCUT2D eigenvalue weighted by atomic mass is 9.93. The average molecular weight is 363 g/mol. The number of aliphatic carboxylic acids is 1. The third-order valence-electron chi connectivity index (χ3n) is 3.57. The number of carboxylic acids is 1. The molecule has 24 heavy (non-hydrogen) atoms. The molecule has 1 aromatic carbocycles. The fraction of sp³-hybridized carbons (Fsp3) is 0.467. The van der Waals surface area contributed by atoms with E-state index in [9.17, 15) is 27.9 Å². The molecule has 132 valence electrons. The maximum absolute atomic E-state index is 12.3. The molecule has 1 saturated heterocycles. The first-order valence-electron chi connectivity index (χ1n) is 7.23. The van der Waals surface area contributed by atoms with E-state index in [4.69, 9.17) is 4.74 Å². The minimum absolute atomic E-state index is 0.0467. The molecular formula is C15H16F3NO4S. The van der Waals surface area contributed by atoms with Gasteiger partial charge in [0.1, 0.15) is 6.04 Å². The van der Waals surface area contributed by atoms with Crippen LogP contribution in [0.1, 0.15) is 23.2 Å². The summed E-state index contributed by atoms with van der Waals surface area (Å²) in [5, 5.41) is 11.7. The van der Waals surface area contributed by atoms with E-state index in [-0.39, 0.29) is 34.7 Å². The topological polar surface area (TPSA) is 75.6 Å². The Balaban J connectivity index is 2.02. The van der Waals surface area contributed by atoms with Crippen molar-refractivity contribution in [3.63, 3.8) is 0 Å². The summed E-state index contributed by atoms with van der Waals surface area (Å²) in [6.45, 7) is 0.813. The first-order chi connectivity index (χ1) is 11.3. The minimum Gasteiger partial charge on any atom is -0.480 e. The molecule has 9 heteroatoms. The third-order valence-corrected chi connectivity index (χ3v) is 4.31. The lowest BCUT2D eigenvalue weighted by Gasteiger charge is -2.28. The van der Waals surface area contributed by atoms with Gasteiger partial charge in [-0.15, -0.1) is 0 Å². The zero-order valence-electron chi connectivity index (χ0n) is 12.5. The van der Waals surface area contributed by atoms with E-state index in [0.29, 0.717) is 19.4 Å². The summed E-state index contributed by atoms with van der Waals surface area (Å²) in [5.41, 5.74) is -4.30. The van der Waals surface area contributed by atoms with Gasteiger partial charge in [-0.05, 0) is 48.9 Å². The highest BCUT2D eigenvalue weighted by atomic mass is 32.2. The van der Waals surface area contributed by atoms with Crippen LogP contribution >= 0.6 is 11.8 Å². The number of amides is 1. The number of hydrogen-bond donors (Lipinski definition) is 2. The molecule has 1 aliphatic rings. The summed E-state index contributed by atoms with van der Waals surface area (Å²) >= 11 is -0.280. The normalized spacial score (nSPS) is 19.5. The highest BCUT2D eigenvalue weighted by Crippen LogP contribution is 2.36. The van der Waals surface area contributed by atoms with Crippen molar-refractivity contribution in [3.05, 3.63) is 29.8 Å². The zero-order valence-corrected chi connectivity index (χ0v) is 13.3. The Kier molecular flexibility index (Phi) is 6.11. The predicted molar refractivity (Wildman–Crippen MR) is 80.8 cm³/mol. The van der Waals surface area contributed by atoms with E-state index in [1.807, 2.05) is 0 Å². The summed E-state index contributed by atoms with van der Waals surface area (Å²) in [4.78, 5) is 23.5. The van der Waals surface area contributed by atoms with E-state index < -0.39 is 23.4 Å². The smallest absolute Gasteiger partial charge is 0.446 e. The van der Waals surface area contributed by atoms with Crippen molar-refractivity contribution in [2.45, 2.75) is 29.3 Å². The summed E-state index contributed by atoms with van der Waals surface area (Å²) in [7, 11) is 0. The largest absolute Gasteiger partial charge is 0.480 e. The first kappa shape index (κ1) is 18.6. The molecule has 2 N–H and O–H groups in total. The Morgan fingerprint density at radius 2 is 1.96 bits per heavy atom.